The Morgan fingerprint density at radius 1 is 1.24 bits per heavy atom. The number of carbonyl (C=O) groups is 2. The molecule has 2 fully saturated rings. The highest BCUT2D eigenvalue weighted by Gasteiger charge is 2.45. The summed E-state index contributed by atoms with van der Waals surface area (Å²) in [4.78, 5) is 25.6. The minimum absolute atomic E-state index is 0.0468. The number of likely N-dealkylation sites (tertiary alicyclic amines) is 1. The van der Waals surface area contributed by atoms with E-state index in [4.69, 9.17) is 0 Å². The molecule has 1 aromatic carbocycles. The monoisotopic (exact) mass is 291 g/mol. The second-order valence-corrected chi connectivity index (χ2v) is 5.84. The number of nitrogens with zero attached hydrogens (tertiary/aromatic N) is 1. The average molecular weight is 291 g/mol. The Balaban J connectivity index is 2.08. The molecule has 2 unspecified atom stereocenters. The normalized spacial score (nSPS) is 26.5. The number of benzene rings is 1. The third-order valence-electron chi connectivity index (χ3n) is 4.36. The van der Waals surface area contributed by atoms with Gasteiger partial charge in [-0.1, -0.05) is 18.2 Å². The van der Waals surface area contributed by atoms with Gasteiger partial charge in [0.1, 0.15) is 5.82 Å². The molecular formula is C16H18FNO3. The summed E-state index contributed by atoms with van der Waals surface area (Å²) in [6.07, 6.45) is 3.06. The van der Waals surface area contributed by atoms with Gasteiger partial charge in [0, 0.05) is 18.0 Å². The molecule has 0 aromatic heterocycles. The maximum Gasteiger partial charge on any atom is 0.308 e. The van der Waals surface area contributed by atoms with Crippen molar-refractivity contribution < 1.29 is 19.1 Å². The first kappa shape index (κ1) is 14.0. The number of carbonyl (C=O) groups excluding carboxylic acids is 1. The van der Waals surface area contributed by atoms with E-state index in [2.05, 4.69) is 0 Å². The largest absolute Gasteiger partial charge is 0.481 e. The van der Waals surface area contributed by atoms with Crippen LogP contribution in [0.15, 0.2) is 24.3 Å². The topological polar surface area (TPSA) is 57.6 Å². The lowest BCUT2D eigenvalue weighted by atomic mass is 9.89. The van der Waals surface area contributed by atoms with Gasteiger partial charge in [0.2, 0.25) is 5.91 Å². The van der Waals surface area contributed by atoms with Crippen molar-refractivity contribution in [3.8, 4) is 0 Å². The first-order valence-electron chi connectivity index (χ1n) is 7.38. The zero-order valence-corrected chi connectivity index (χ0v) is 11.7. The van der Waals surface area contributed by atoms with Gasteiger partial charge in [0.05, 0.1) is 12.0 Å². The Morgan fingerprint density at radius 2 is 1.95 bits per heavy atom. The second kappa shape index (κ2) is 5.47. The SMILES string of the molecule is O=C(O)C1CCCC(=O)N(C2CC2)C1c1ccccc1F. The molecular weight excluding hydrogens is 273 g/mol. The van der Waals surface area contributed by atoms with Crippen molar-refractivity contribution in [2.45, 2.75) is 44.2 Å². The van der Waals surface area contributed by atoms with Gasteiger partial charge in [-0.05, 0) is 31.7 Å². The number of aliphatic carboxylic acids is 1. The molecule has 1 N–H and O–H groups in total. The molecule has 1 amide bonds. The molecule has 1 saturated heterocycles. The fourth-order valence-electron chi connectivity index (χ4n) is 3.23. The summed E-state index contributed by atoms with van der Waals surface area (Å²) in [6, 6.07) is 5.58. The van der Waals surface area contributed by atoms with E-state index < -0.39 is 23.7 Å². The van der Waals surface area contributed by atoms with E-state index in [9.17, 15) is 19.1 Å². The van der Waals surface area contributed by atoms with E-state index >= 15 is 0 Å². The van der Waals surface area contributed by atoms with E-state index in [0.29, 0.717) is 24.8 Å². The molecule has 3 rings (SSSR count). The third kappa shape index (κ3) is 2.64. The molecule has 1 aliphatic carbocycles. The summed E-state index contributed by atoms with van der Waals surface area (Å²) < 4.78 is 14.2. The first-order valence-corrected chi connectivity index (χ1v) is 7.38. The molecule has 2 aliphatic rings. The van der Waals surface area contributed by atoms with E-state index in [0.717, 1.165) is 12.8 Å². The molecule has 1 saturated carbocycles. The molecule has 2 atom stereocenters. The predicted molar refractivity (Wildman–Crippen MR) is 74.0 cm³/mol. The van der Waals surface area contributed by atoms with Crippen molar-refractivity contribution in [1.82, 2.24) is 4.90 Å². The van der Waals surface area contributed by atoms with Crippen LogP contribution >= 0.6 is 0 Å². The number of rotatable bonds is 3. The quantitative estimate of drug-likeness (QED) is 0.931. The van der Waals surface area contributed by atoms with Crippen LogP contribution in [0, 0.1) is 11.7 Å². The molecule has 21 heavy (non-hydrogen) atoms. The molecule has 4 nitrogen and oxygen atoms in total. The van der Waals surface area contributed by atoms with E-state index in [1.54, 1.807) is 23.1 Å². The minimum atomic E-state index is -0.955. The van der Waals surface area contributed by atoms with Crippen LogP contribution < -0.4 is 0 Å². The van der Waals surface area contributed by atoms with Crippen LogP contribution in [-0.4, -0.2) is 27.9 Å². The Labute approximate surface area is 122 Å². The van der Waals surface area contributed by atoms with Gasteiger partial charge in [-0.15, -0.1) is 0 Å². The lowest BCUT2D eigenvalue weighted by Crippen LogP contribution is -2.40. The van der Waals surface area contributed by atoms with E-state index in [1.807, 2.05) is 0 Å². The Kier molecular flexibility index (Phi) is 3.66. The fourth-order valence-corrected chi connectivity index (χ4v) is 3.23. The summed E-state index contributed by atoms with van der Waals surface area (Å²) >= 11 is 0. The maximum absolute atomic E-state index is 14.2. The number of carboxylic acid groups (broad SMARTS) is 1. The van der Waals surface area contributed by atoms with Gasteiger partial charge in [-0.25, -0.2) is 4.39 Å². The highest BCUT2D eigenvalue weighted by Crippen LogP contribution is 2.43. The lowest BCUT2D eigenvalue weighted by Gasteiger charge is -2.34. The lowest BCUT2D eigenvalue weighted by molar-refractivity contribution is -0.146. The molecule has 5 heteroatoms. The number of hydrogen-bond acceptors (Lipinski definition) is 2. The zero-order valence-electron chi connectivity index (χ0n) is 11.7. The summed E-state index contributed by atoms with van der Waals surface area (Å²) in [5.41, 5.74) is 0.326. The van der Waals surface area contributed by atoms with Gasteiger partial charge in [0.25, 0.3) is 0 Å². The number of amides is 1. The number of halogens is 1. The highest BCUT2D eigenvalue weighted by molar-refractivity contribution is 5.80. The zero-order chi connectivity index (χ0) is 15.0. The van der Waals surface area contributed by atoms with Gasteiger partial charge in [-0.2, -0.15) is 0 Å². The van der Waals surface area contributed by atoms with Crippen LogP contribution in [-0.2, 0) is 9.59 Å². The smallest absolute Gasteiger partial charge is 0.308 e. The van der Waals surface area contributed by atoms with E-state index in [1.165, 1.54) is 6.07 Å². The average Bonchev–Trinajstić information content (AvgIpc) is 3.26. The van der Waals surface area contributed by atoms with Crippen LogP contribution in [0.4, 0.5) is 4.39 Å². The summed E-state index contributed by atoms with van der Waals surface area (Å²) in [7, 11) is 0. The van der Waals surface area contributed by atoms with Crippen molar-refractivity contribution in [2.24, 2.45) is 5.92 Å². The molecule has 0 bridgehead atoms. The highest BCUT2D eigenvalue weighted by atomic mass is 19.1. The molecule has 1 aliphatic heterocycles. The van der Waals surface area contributed by atoms with Gasteiger partial charge >= 0.3 is 5.97 Å². The van der Waals surface area contributed by atoms with Gasteiger partial charge in [-0.3, -0.25) is 9.59 Å². The summed E-state index contributed by atoms with van der Waals surface area (Å²) in [6.45, 7) is 0. The Bertz CT molecular complexity index is 570. The fraction of sp³-hybridized carbons (Fsp3) is 0.500. The van der Waals surface area contributed by atoms with Crippen LogP contribution in [0.25, 0.3) is 0 Å². The summed E-state index contributed by atoms with van der Waals surface area (Å²) in [5, 5.41) is 9.53. The van der Waals surface area contributed by atoms with Crippen molar-refractivity contribution in [3.05, 3.63) is 35.6 Å². The molecule has 0 radical (unpaired) electrons. The number of carboxylic acids is 1. The van der Waals surface area contributed by atoms with Crippen molar-refractivity contribution in [2.75, 3.05) is 0 Å². The number of hydrogen-bond donors (Lipinski definition) is 1. The minimum Gasteiger partial charge on any atom is -0.481 e. The van der Waals surface area contributed by atoms with Crippen LogP contribution in [0.1, 0.15) is 43.7 Å². The van der Waals surface area contributed by atoms with Crippen molar-refractivity contribution in [1.29, 1.82) is 0 Å². The molecule has 0 spiro atoms. The first-order chi connectivity index (χ1) is 10.1. The Hall–Kier alpha value is -1.91. The van der Waals surface area contributed by atoms with Crippen LogP contribution in [0.5, 0.6) is 0 Å². The predicted octanol–water partition coefficient (Wildman–Crippen LogP) is 2.74. The summed E-state index contributed by atoms with van der Waals surface area (Å²) in [5.74, 6) is -2.18. The van der Waals surface area contributed by atoms with E-state index in [-0.39, 0.29) is 11.9 Å². The van der Waals surface area contributed by atoms with Crippen molar-refractivity contribution >= 4 is 11.9 Å². The molecule has 1 heterocycles. The van der Waals surface area contributed by atoms with Gasteiger partial charge in [0.15, 0.2) is 0 Å². The standard InChI is InChI=1S/C16H18FNO3/c17-13-6-2-1-4-11(13)15-12(16(20)21)5-3-7-14(19)18(15)10-8-9-10/h1-2,4,6,10,12,15H,3,5,7-9H2,(H,20,21). The second-order valence-electron chi connectivity index (χ2n) is 5.84. The Morgan fingerprint density at radius 3 is 2.57 bits per heavy atom. The van der Waals surface area contributed by atoms with Gasteiger partial charge < -0.3 is 10.0 Å². The maximum atomic E-state index is 14.2. The van der Waals surface area contributed by atoms with Crippen LogP contribution in [0.2, 0.25) is 0 Å². The molecule has 1 aromatic rings. The molecule has 112 valence electrons. The van der Waals surface area contributed by atoms with Crippen LogP contribution in [0.3, 0.4) is 0 Å². The van der Waals surface area contributed by atoms with Crippen molar-refractivity contribution in [3.63, 3.8) is 0 Å². The third-order valence-corrected chi connectivity index (χ3v) is 4.36.